The fraction of sp³-hybridized carbons (Fsp3) is 0.940. The summed E-state index contributed by atoms with van der Waals surface area (Å²) in [6.07, 6.45) is 42.2. The highest BCUT2D eigenvalue weighted by atomic mass is 16.6. The Kier molecular flexibility index (Phi) is 41.8. The molecule has 0 aliphatic carbocycles. The quantitative estimate of drug-likeness (QED) is 0.0347. The minimum atomic E-state index is -0.761. The molecule has 0 N–H and O–H groups in total. The second-order valence-corrected chi connectivity index (χ2v) is 17.8. The average molecular weight is 793 g/mol. The largest absolute Gasteiger partial charge is 0.462 e. The molecule has 0 saturated heterocycles. The average Bonchev–Trinajstić information content (AvgIpc) is 3.18. The topological polar surface area (TPSA) is 78.9 Å². The molecule has 0 heterocycles. The van der Waals surface area contributed by atoms with Crippen molar-refractivity contribution in [3.63, 3.8) is 0 Å². The third-order valence-electron chi connectivity index (χ3n) is 11.6. The molecule has 0 saturated carbocycles. The molecule has 0 aromatic heterocycles. The molecule has 0 fully saturated rings. The van der Waals surface area contributed by atoms with Gasteiger partial charge in [-0.1, -0.05) is 234 Å². The van der Waals surface area contributed by atoms with Crippen LogP contribution in [0.3, 0.4) is 0 Å². The van der Waals surface area contributed by atoms with Crippen molar-refractivity contribution in [1.82, 2.24) is 0 Å². The van der Waals surface area contributed by atoms with Crippen molar-refractivity contribution >= 4 is 17.9 Å². The lowest BCUT2D eigenvalue weighted by atomic mass is 9.99. The van der Waals surface area contributed by atoms with E-state index < -0.39 is 6.10 Å². The lowest BCUT2D eigenvalue weighted by molar-refractivity contribution is -0.167. The summed E-state index contributed by atoms with van der Waals surface area (Å²) in [5.74, 6) is 0.842. The van der Waals surface area contributed by atoms with Crippen LogP contribution in [-0.4, -0.2) is 37.2 Å². The lowest BCUT2D eigenvalue weighted by Gasteiger charge is -2.18. The Morgan fingerprint density at radius 2 is 0.679 bits per heavy atom. The number of ether oxygens (including phenoxy) is 3. The van der Waals surface area contributed by atoms with Crippen LogP contribution in [0.1, 0.15) is 272 Å². The third kappa shape index (κ3) is 42.0. The van der Waals surface area contributed by atoms with Gasteiger partial charge < -0.3 is 14.2 Å². The highest BCUT2D eigenvalue weighted by molar-refractivity contribution is 5.71. The zero-order chi connectivity index (χ0) is 41.2. The standard InChI is InChI=1S/C50H96O6/c1-6-8-9-10-11-12-20-25-30-35-40-48(51)54-43-47(56-50(53)42-37-32-27-22-15-13-14-18-23-28-33-38-45(3)4)44-55-49(52)41-36-31-26-21-17-16-19-24-29-34-39-46(5)7-2/h45-47H,6-44H2,1-5H3/t46?,47-/m0/s1. The van der Waals surface area contributed by atoms with Crippen LogP contribution < -0.4 is 0 Å². The number of carbonyl (C=O) groups excluding carboxylic acids is 3. The van der Waals surface area contributed by atoms with E-state index in [1.54, 1.807) is 0 Å². The van der Waals surface area contributed by atoms with Gasteiger partial charge in [-0.3, -0.25) is 14.4 Å². The first-order valence-electron chi connectivity index (χ1n) is 24.8. The number of hydrogen-bond acceptors (Lipinski definition) is 6. The van der Waals surface area contributed by atoms with E-state index in [1.165, 1.54) is 161 Å². The van der Waals surface area contributed by atoms with Gasteiger partial charge in [0.15, 0.2) is 6.10 Å². The van der Waals surface area contributed by atoms with Crippen molar-refractivity contribution in [2.24, 2.45) is 11.8 Å². The van der Waals surface area contributed by atoms with Crippen molar-refractivity contribution in [2.75, 3.05) is 13.2 Å². The normalized spacial score (nSPS) is 12.5. The molecule has 0 spiro atoms. The summed E-state index contributed by atoms with van der Waals surface area (Å²) < 4.78 is 16.8. The SMILES string of the molecule is CCCCCCCCCCCCC(=O)OC[C@@H](COC(=O)CCCCCCCCCCCCC(C)CC)OC(=O)CCCCCCCCCCCCCC(C)C. The zero-order valence-corrected chi connectivity index (χ0v) is 38.3. The molecule has 0 aromatic carbocycles. The third-order valence-corrected chi connectivity index (χ3v) is 11.6. The van der Waals surface area contributed by atoms with Gasteiger partial charge in [-0.2, -0.15) is 0 Å². The monoisotopic (exact) mass is 793 g/mol. The Hall–Kier alpha value is -1.59. The molecule has 6 nitrogen and oxygen atoms in total. The number of rotatable bonds is 44. The van der Waals surface area contributed by atoms with Crippen LogP contribution in [0.25, 0.3) is 0 Å². The molecule has 0 radical (unpaired) electrons. The van der Waals surface area contributed by atoms with Gasteiger partial charge >= 0.3 is 17.9 Å². The summed E-state index contributed by atoms with van der Waals surface area (Å²) in [7, 11) is 0. The minimum Gasteiger partial charge on any atom is -0.462 e. The molecule has 0 amide bonds. The van der Waals surface area contributed by atoms with Crippen molar-refractivity contribution < 1.29 is 28.6 Å². The van der Waals surface area contributed by atoms with Crippen LogP contribution >= 0.6 is 0 Å². The van der Waals surface area contributed by atoms with Gasteiger partial charge in [-0.25, -0.2) is 0 Å². The van der Waals surface area contributed by atoms with Gasteiger partial charge in [0, 0.05) is 19.3 Å². The molecule has 0 rings (SSSR count). The van der Waals surface area contributed by atoms with Crippen LogP contribution in [0.15, 0.2) is 0 Å². The maximum atomic E-state index is 12.8. The van der Waals surface area contributed by atoms with Gasteiger partial charge in [0.05, 0.1) is 0 Å². The first-order valence-corrected chi connectivity index (χ1v) is 24.8. The molecule has 2 atom stereocenters. The van der Waals surface area contributed by atoms with Crippen molar-refractivity contribution in [2.45, 2.75) is 278 Å². The molecule has 56 heavy (non-hydrogen) atoms. The predicted molar refractivity (Wildman–Crippen MR) is 238 cm³/mol. The van der Waals surface area contributed by atoms with Gasteiger partial charge in [-0.15, -0.1) is 0 Å². The van der Waals surface area contributed by atoms with Gasteiger partial charge in [-0.05, 0) is 31.1 Å². The Morgan fingerprint density at radius 1 is 0.375 bits per heavy atom. The predicted octanol–water partition coefficient (Wildman–Crippen LogP) is 15.8. The molecular weight excluding hydrogens is 697 g/mol. The molecule has 0 aromatic rings. The van der Waals surface area contributed by atoms with Crippen molar-refractivity contribution in [1.29, 1.82) is 0 Å². The first kappa shape index (κ1) is 54.4. The maximum absolute atomic E-state index is 12.8. The molecular formula is C50H96O6. The summed E-state index contributed by atoms with van der Waals surface area (Å²) in [6, 6.07) is 0. The summed E-state index contributed by atoms with van der Waals surface area (Å²) in [5.41, 5.74) is 0. The van der Waals surface area contributed by atoms with E-state index in [9.17, 15) is 14.4 Å². The smallest absolute Gasteiger partial charge is 0.306 e. The highest BCUT2D eigenvalue weighted by Crippen LogP contribution is 2.17. The fourth-order valence-corrected chi connectivity index (χ4v) is 7.43. The summed E-state index contributed by atoms with van der Waals surface area (Å²) in [6.45, 7) is 11.4. The van der Waals surface area contributed by atoms with Gasteiger partial charge in [0.2, 0.25) is 0 Å². The van der Waals surface area contributed by atoms with E-state index in [2.05, 4.69) is 34.6 Å². The molecule has 1 unspecified atom stereocenters. The highest BCUT2D eigenvalue weighted by Gasteiger charge is 2.19. The van der Waals surface area contributed by atoms with Crippen LogP contribution in [0.2, 0.25) is 0 Å². The van der Waals surface area contributed by atoms with E-state index in [1.807, 2.05) is 0 Å². The molecule has 0 bridgehead atoms. The van der Waals surface area contributed by atoms with Gasteiger partial charge in [0.25, 0.3) is 0 Å². The number of carbonyl (C=O) groups is 3. The fourth-order valence-electron chi connectivity index (χ4n) is 7.43. The minimum absolute atomic E-state index is 0.0643. The summed E-state index contributed by atoms with van der Waals surface area (Å²) >= 11 is 0. The van der Waals surface area contributed by atoms with Crippen LogP contribution in [0, 0.1) is 11.8 Å². The zero-order valence-electron chi connectivity index (χ0n) is 38.3. The first-order chi connectivity index (χ1) is 27.3. The number of unbranched alkanes of at least 4 members (excludes halogenated alkanes) is 28. The second kappa shape index (κ2) is 43.0. The molecule has 6 heteroatoms. The summed E-state index contributed by atoms with van der Waals surface area (Å²) in [4.78, 5) is 37.8. The van der Waals surface area contributed by atoms with E-state index in [0.29, 0.717) is 19.3 Å². The van der Waals surface area contributed by atoms with Crippen LogP contribution in [0.4, 0.5) is 0 Å². The Bertz CT molecular complexity index is 856. The molecule has 0 aliphatic rings. The second-order valence-electron chi connectivity index (χ2n) is 17.8. The maximum Gasteiger partial charge on any atom is 0.306 e. The van der Waals surface area contributed by atoms with Crippen LogP contribution in [-0.2, 0) is 28.6 Å². The van der Waals surface area contributed by atoms with Crippen molar-refractivity contribution in [3.05, 3.63) is 0 Å². The van der Waals surface area contributed by atoms with E-state index in [0.717, 1.165) is 69.6 Å². The molecule has 332 valence electrons. The number of hydrogen-bond donors (Lipinski definition) is 0. The Balaban J connectivity index is 4.32. The van der Waals surface area contributed by atoms with Crippen LogP contribution in [0.5, 0.6) is 0 Å². The molecule has 0 aliphatic heterocycles. The van der Waals surface area contributed by atoms with Gasteiger partial charge in [0.1, 0.15) is 13.2 Å². The summed E-state index contributed by atoms with van der Waals surface area (Å²) in [5, 5.41) is 0. The number of esters is 3. The van der Waals surface area contributed by atoms with E-state index in [4.69, 9.17) is 14.2 Å². The van der Waals surface area contributed by atoms with E-state index in [-0.39, 0.29) is 31.1 Å². The van der Waals surface area contributed by atoms with Crippen molar-refractivity contribution in [3.8, 4) is 0 Å². The van der Waals surface area contributed by atoms with E-state index >= 15 is 0 Å². The Morgan fingerprint density at radius 3 is 1.02 bits per heavy atom. The lowest BCUT2D eigenvalue weighted by Crippen LogP contribution is -2.30. The Labute approximate surface area is 348 Å².